The zero-order chi connectivity index (χ0) is 25.8. The fraction of sp³-hybridized carbons (Fsp3) is 0.519. The highest BCUT2D eigenvalue weighted by atomic mass is 32.1. The van der Waals surface area contributed by atoms with Crippen LogP contribution in [0.2, 0.25) is 0 Å². The zero-order valence-corrected chi connectivity index (χ0v) is 22.2. The number of thiophene rings is 1. The minimum atomic E-state index is -0.328. The summed E-state index contributed by atoms with van der Waals surface area (Å²) >= 11 is 1.53. The molecular formula is C27H36N6O2S. The maximum atomic E-state index is 13.8. The van der Waals surface area contributed by atoms with Crippen LogP contribution in [0.15, 0.2) is 30.3 Å². The number of anilines is 1. The van der Waals surface area contributed by atoms with E-state index in [0.29, 0.717) is 55.6 Å². The molecular weight excluding hydrogens is 472 g/mol. The number of nitrogens with one attached hydrogen (secondary N) is 1. The van der Waals surface area contributed by atoms with E-state index in [2.05, 4.69) is 23.3 Å². The summed E-state index contributed by atoms with van der Waals surface area (Å²) in [6.45, 7) is 2.15. The van der Waals surface area contributed by atoms with Gasteiger partial charge >= 0.3 is 6.03 Å². The molecule has 2 heterocycles. The Morgan fingerprint density at radius 1 is 1.22 bits per heavy atom. The van der Waals surface area contributed by atoms with E-state index in [1.165, 1.54) is 21.1 Å². The first-order valence-corrected chi connectivity index (χ1v) is 13.4. The molecule has 0 spiro atoms. The predicted molar refractivity (Wildman–Crippen MR) is 143 cm³/mol. The fourth-order valence-corrected chi connectivity index (χ4v) is 6.65. The number of likely N-dealkylation sites (N-methyl/N-ethyl adjacent to an activating group) is 2. The maximum absolute atomic E-state index is 13.8. The van der Waals surface area contributed by atoms with E-state index in [0.717, 1.165) is 24.0 Å². The van der Waals surface area contributed by atoms with Gasteiger partial charge in [0, 0.05) is 37.1 Å². The fourth-order valence-electron chi connectivity index (χ4n) is 5.55. The summed E-state index contributed by atoms with van der Waals surface area (Å²) in [4.78, 5) is 33.8. The summed E-state index contributed by atoms with van der Waals surface area (Å²) in [6, 6.07) is 12.2. The van der Waals surface area contributed by atoms with Crippen LogP contribution in [-0.2, 0) is 24.1 Å². The lowest BCUT2D eigenvalue weighted by Crippen LogP contribution is -2.55. The van der Waals surface area contributed by atoms with Gasteiger partial charge in [0.1, 0.15) is 11.1 Å². The Morgan fingerprint density at radius 3 is 2.67 bits per heavy atom. The number of nitrogens with two attached hydrogens (primary N) is 1. The van der Waals surface area contributed by atoms with E-state index in [9.17, 15) is 14.9 Å². The maximum Gasteiger partial charge on any atom is 0.324 e. The molecule has 4 rings (SSSR count). The van der Waals surface area contributed by atoms with Gasteiger partial charge in [-0.3, -0.25) is 9.69 Å². The van der Waals surface area contributed by atoms with E-state index in [4.69, 9.17) is 5.73 Å². The summed E-state index contributed by atoms with van der Waals surface area (Å²) in [5.74, 6) is -0.136. The normalized spacial score (nSPS) is 21.4. The highest BCUT2D eigenvalue weighted by Gasteiger charge is 2.43. The molecule has 0 radical (unpaired) electrons. The molecule has 1 aliphatic carbocycles. The van der Waals surface area contributed by atoms with Crippen molar-refractivity contribution in [2.24, 2.45) is 11.8 Å². The van der Waals surface area contributed by atoms with Crippen LogP contribution in [0, 0.1) is 23.2 Å². The van der Waals surface area contributed by atoms with Crippen LogP contribution in [0.3, 0.4) is 0 Å². The lowest BCUT2D eigenvalue weighted by molar-refractivity contribution is -0.135. The number of piperidine rings is 1. The van der Waals surface area contributed by atoms with Gasteiger partial charge in [-0.2, -0.15) is 5.26 Å². The van der Waals surface area contributed by atoms with Crippen molar-refractivity contribution in [1.29, 1.82) is 5.26 Å². The number of likely N-dealkylation sites (tertiary alicyclic amines) is 1. The van der Waals surface area contributed by atoms with Gasteiger partial charge in [-0.25, -0.2) is 4.79 Å². The Bertz CT molecular complexity index is 1130. The first-order valence-electron chi connectivity index (χ1n) is 12.6. The number of nitrogen functional groups attached to an aromatic ring is 1. The minimum absolute atomic E-state index is 0.116. The van der Waals surface area contributed by atoms with E-state index >= 15 is 0 Å². The molecule has 8 nitrogen and oxygen atoms in total. The van der Waals surface area contributed by atoms with Crippen molar-refractivity contribution in [3.8, 4) is 6.07 Å². The molecule has 0 saturated carbocycles. The molecule has 1 aromatic carbocycles. The van der Waals surface area contributed by atoms with Gasteiger partial charge < -0.3 is 20.9 Å². The number of carbonyl (C=O) groups is 2. The molecule has 1 fully saturated rings. The number of hydrogen-bond donors (Lipinski definition) is 2. The second-order valence-electron chi connectivity index (χ2n) is 10.2. The molecule has 1 saturated heterocycles. The number of hydrogen-bond acceptors (Lipinski definition) is 7. The van der Waals surface area contributed by atoms with Crippen molar-refractivity contribution >= 4 is 28.3 Å². The molecule has 3 N–H and O–H groups in total. The minimum Gasteiger partial charge on any atom is -0.389 e. The largest absolute Gasteiger partial charge is 0.389 e. The zero-order valence-electron chi connectivity index (χ0n) is 21.4. The quantitative estimate of drug-likeness (QED) is 0.596. The summed E-state index contributed by atoms with van der Waals surface area (Å²) in [5, 5.41) is 13.1. The molecule has 2 aromatic rings. The molecule has 2 aliphatic rings. The lowest BCUT2D eigenvalue weighted by Gasteiger charge is -2.45. The molecule has 36 heavy (non-hydrogen) atoms. The van der Waals surface area contributed by atoms with E-state index in [1.807, 2.05) is 49.3 Å². The van der Waals surface area contributed by atoms with Crippen LogP contribution in [0.25, 0.3) is 0 Å². The van der Waals surface area contributed by atoms with Gasteiger partial charge in [-0.15, -0.1) is 11.3 Å². The van der Waals surface area contributed by atoms with E-state index in [1.54, 1.807) is 0 Å². The third-order valence-corrected chi connectivity index (χ3v) is 8.54. The molecule has 1 aromatic heterocycles. The van der Waals surface area contributed by atoms with Crippen molar-refractivity contribution in [2.75, 3.05) is 53.1 Å². The Labute approximate surface area is 217 Å². The standard InChI is InChI=1S/C27H36N6O2S/c1-31(2)12-10-30-27(35)33(11-9-18-7-5-4-6-8-18)26(34)20-13-19-14-21-22(16-28)25(29)36-24(21)15-23(19)32(3)17-20/h4-8,19-20,23H,9-15,17,29H2,1-3H3,(H,30,35)/t19-,20-,23-/m1/s1. The number of amides is 3. The summed E-state index contributed by atoms with van der Waals surface area (Å²) in [5.41, 5.74) is 8.88. The van der Waals surface area contributed by atoms with Gasteiger partial charge in [-0.05, 0) is 63.9 Å². The van der Waals surface area contributed by atoms with Gasteiger partial charge in [0.05, 0.1) is 11.5 Å². The van der Waals surface area contributed by atoms with Gasteiger partial charge in [0.25, 0.3) is 0 Å². The number of nitriles is 1. The van der Waals surface area contributed by atoms with Gasteiger partial charge in [0.15, 0.2) is 0 Å². The second kappa shape index (κ2) is 11.4. The van der Waals surface area contributed by atoms with E-state index in [-0.39, 0.29) is 23.8 Å². The Hall–Kier alpha value is -2.93. The molecule has 3 amide bonds. The number of rotatable bonds is 7. The summed E-state index contributed by atoms with van der Waals surface area (Å²) in [6.07, 6.45) is 2.94. The van der Waals surface area contributed by atoms with Crippen LogP contribution in [0.1, 0.15) is 28.0 Å². The predicted octanol–water partition coefficient (Wildman–Crippen LogP) is 2.58. The van der Waals surface area contributed by atoms with Crippen LogP contribution < -0.4 is 11.1 Å². The third-order valence-electron chi connectivity index (χ3n) is 7.46. The topological polar surface area (TPSA) is 106 Å². The summed E-state index contributed by atoms with van der Waals surface area (Å²) < 4.78 is 0. The van der Waals surface area contributed by atoms with Crippen LogP contribution in [0.4, 0.5) is 9.80 Å². The third kappa shape index (κ3) is 5.72. The van der Waals surface area contributed by atoms with Crippen molar-refractivity contribution in [1.82, 2.24) is 20.0 Å². The summed E-state index contributed by atoms with van der Waals surface area (Å²) in [7, 11) is 5.97. The molecule has 0 bridgehead atoms. The molecule has 1 aliphatic heterocycles. The molecule has 9 heteroatoms. The SMILES string of the molecule is CN(C)CCNC(=O)N(CCc1ccccc1)C(=O)[C@@H]1C[C@@H]2Cc3c(sc(N)c3C#N)C[C@H]2N(C)C1. The van der Waals surface area contributed by atoms with E-state index < -0.39 is 0 Å². The van der Waals surface area contributed by atoms with Crippen molar-refractivity contribution in [3.05, 3.63) is 51.9 Å². The van der Waals surface area contributed by atoms with Crippen molar-refractivity contribution in [2.45, 2.75) is 31.7 Å². The number of carbonyl (C=O) groups excluding carboxylic acids is 2. The highest BCUT2D eigenvalue weighted by Crippen LogP contribution is 2.43. The highest BCUT2D eigenvalue weighted by molar-refractivity contribution is 7.16. The number of nitrogens with zero attached hydrogens (tertiary/aromatic N) is 4. The average Bonchev–Trinajstić information content (AvgIpc) is 3.17. The Morgan fingerprint density at radius 2 is 1.97 bits per heavy atom. The Kier molecular flexibility index (Phi) is 8.29. The van der Waals surface area contributed by atoms with Crippen LogP contribution >= 0.6 is 11.3 Å². The average molecular weight is 509 g/mol. The number of fused-ring (bicyclic) bond motifs is 2. The first-order chi connectivity index (χ1) is 17.3. The van der Waals surface area contributed by atoms with Crippen LogP contribution in [0.5, 0.6) is 0 Å². The smallest absolute Gasteiger partial charge is 0.324 e. The van der Waals surface area contributed by atoms with Crippen LogP contribution in [-0.4, -0.2) is 80.0 Å². The molecule has 3 atom stereocenters. The Balaban J connectivity index is 1.49. The molecule has 0 unspecified atom stereocenters. The first kappa shape index (κ1) is 26.1. The monoisotopic (exact) mass is 508 g/mol. The van der Waals surface area contributed by atoms with Crippen molar-refractivity contribution in [3.63, 3.8) is 0 Å². The van der Waals surface area contributed by atoms with Gasteiger partial charge in [0.2, 0.25) is 5.91 Å². The number of urea groups is 1. The lowest BCUT2D eigenvalue weighted by atomic mass is 9.74. The number of benzene rings is 1. The number of imide groups is 1. The molecule has 192 valence electrons. The van der Waals surface area contributed by atoms with Gasteiger partial charge in [-0.1, -0.05) is 30.3 Å². The van der Waals surface area contributed by atoms with Crippen molar-refractivity contribution < 1.29 is 9.59 Å². The second-order valence-corrected chi connectivity index (χ2v) is 11.4.